The topological polar surface area (TPSA) is 49.3 Å². The van der Waals surface area contributed by atoms with Gasteiger partial charge in [-0.3, -0.25) is 4.79 Å². The Bertz CT molecular complexity index is 819. The summed E-state index contributed by atoms with van der Waals surface area (Å²) >= 11 is 3.42. The number of rotatable bonds is 5. The molecule has 2 aromatic carbocycles. The largest absolute Gasteiger partial charge is 0.385 e. The molecule has 1 atom stereocenters. The molecule has 0 radical (unpaired) electrons. The van der Waals surface area contributed by atoms with E-state index in [1.54, 1.807) is 0 Å². The second-order valence-electron chi connectivity index (χ2n) is 6.72. The van der Waals surface area contributed by atoms with E-state index in [0.717, 1.165) is 28.9 Å². The number of benzene rings is 2. The molecule has 0 spiro atoms. The molecule has 1 saturated carbocycles. The second kappa shape index (κ2) is 6.50. The van der Waals surface area contributed by atoms with Crippen LogP contribution in [0, 0.1) is 11.6 Å². The van der Waals surface area contributed by atoms with E-state index in [4.69, 9.17) is 0 Å². The number of amides is 1. The molecule has 6 heteroatoms. The van der Waals surface area contributed by atoms with Crippen LogP contribution in [0.25, 0.3) is 0 Å². The second-order valence-corrected chi connectivity index (χ2v) is 7.63. The van der Waals surface area contributed by atoms with Crippen molar-refractivity contribution in [3.8, 4) is 0 Å². The quantitative estimate of drug-likeness (QED) is 0.779. The van der Waals surface area contributed by atoms with Gasteiger partial charge < -0.3 is 10.4 Å². The maximum atomic E-state index is 13.9. The summed E-state index contributed by atoms with van der Waals surface area (Å²) in [5.74, 6) is -1.98. The Morgan fingerprint density at radius 1 is 1.28 bits per heavy atom. The molecule has 3 nitrogen and oxygen atoms in total. The van der Waals surface area contributed by atoms with Crippen molar-refractivity contribution in [2.75, 3.05) is 0 Å². The molecule has 132 valence electrons. The molecule has 1 aliphatic rings. The first-order valence-corrected chi connectivity index (χ1v) is 8.76. The van der Waals surface area contributed by atoms with Crippen LogP contribution in [-0.4, -0.2) is 11.0 Å². The van der Waals surface area contributed by atoms with Gasteiger partial charge in [-0.25, -0.2) is 8.78 Å². The molecule has 0 aromatic heterocycles. The van der Waals surface area contributed by atoms with Crippen LogP contribution in [0.1, 0.15) is 37.3 Å². The van der Waals surface area contributed by atoms with Gasteiger partial charge in [0.2, 0.25) is 5.91 Å². The van der Waals surface area contributed by atoms with Gasteiger partial charge in [0.25, 0.3) is 0 Å². The van der Waals surface area contributed by atoms with E-state index in [0.29, 0.717) is 6.07 Å². The highest BCUT2D eigenvalue weighted by atomic mass is 79.9. The molecule has 1 amide bonds. The van der Waals surface area contributed by atoms with E-state index in [-0.39, 0.29) is 17.9 Å². The Hall–Kier alpha value is -1.79. The van der Waals surface area contributed by atoms with Crippen LogP contribution >= 0.6 is 15.9 Å². The fourth-order valence-electron chi connectivity index (χ4n) is 3.04. The summed E-state index contributed by atoms with van der Waals surface area (Å²) in [6, 6.07) is 10.6. The van der Waals surface area contributed by atoms with Crippen LogP contribution in [0.2, 0.25) is 0 Å². The van der Waals surface area contributed by atoms with Crippen LogP contribution in [-0.2, 0) is 15.9 Å². The van der Waals surface area contributed by atoms with Gasteiger partial charge in [0, 0.05) is 16.1 Å². The molecule has 3 rings (SSSR count). The van der Waals surface area contributed by atoms with Crippen molar-refractivity contribution in [3.05, 3.63) is 69.7 Å². The first-order chi connectivity index (χ1) is 11.7. The fourth-order valence-corrected chi connectivity index (χ4v) is 3.44. The van der Waals surface area contributed by atoms with Gasteiger partial charge in [-0.05, 0) is 43.5 Å². The Balaban J connectivity index is 1.74. The Morgan fingerprint density at radius 2 is 2.00 bits per heavy atom. The number of halogens is 3. The predicted molar refractivity (Wildman–Crippen MR) is 93.7 cm³/mol. The van der Waals surface area contributed by atoms with Crippen LogP contribution < -0.4 is 5.32 Å². The van der Waals surface area contributed by atoms with Gasteiger partial charge in [0.15, 0.2) is 0 Å². The smallest absolute Gasteiger partial charge is 0.223 e. The highest BCUT2D eigenvalue weighted by Crippen LogP contribution is 2.46. The number of nitrogens with one attached hydrogen (secondary N) is 1. The molecular formula is C19H18BrF2NO2. The van der Waals surface area contributed by atoms with Crippen molar-refractivity contribution >= 4 is 21.8 Å². The van der Waals surface area contributed by atoms with Crippen LogP contribution in [0.4, 0.5) is 8.78 Å². The Morgan fingerprint density at radius 3 is 2.60 bits per heavy atom. The minimum Gasteiger partial charge on any atom is -0.385 e. The van der Waals surface area contributed by atoms with E-state index < -0.39 is 22.8 Å². The van der Waals surface area contributed by atoms with E-state index in [2.05, 4.69) is 21.2 Å². The summed E-state index contributed by atoms with van der Waals surface area (Å²) in [4.78, 5) is 12.4. The first-order valence-electron chi connectivity index (χ1n) is 7.97. The van der Waals surface area contributed by atoms with E-state index in [9.17, 15) is 18.7 Å². The lowest BCUT2D eigenvalue weighted by Crippen LogP contribution is -2.39. The van der Waals surface area contributed by atoms with Gasteiger partial charge in [0.05, 0.1) is 17.6 Å². The lowest BCUT2D eigenvalue weighted by atomic mass is 9.91. The number of aliphatic hydroxyl groups is 1. The van der Waals surface area contributed by atoms with Crippen molar-refractivity contribution in [1.29, 1.82) is 0 Å². The van der Waals surface area contributed by atoms with Crippen molar-refractivity contribution in [2.45, 2.75) is 37.3 Å². The zero-order valence-electron chi connectivity index (χ0n) is 13.7. The Labute approximate surface area is 153 Å². The highest BCUT2D eigenvalue weighted by Gasteiger charge is 2.46. The molecular weight excluding hydrogens is 392 g/mol. The lowest BCUT2D eigenvalue weighted by molar-refractivity contribution is -0.127. The van der Waals surface area contributed by atoms with Crippen LogP contribution in [0.3, 0.4) is 0 Å². The molecule has 1 aliphatic carbocycles. The van der Waals surface area contributed by atoms with Crippen molar-refractivity contribution in [3.63, 3.8) is 0 Å². The zero-order valence-corrected chi connectivity index (χ0v) is 15.2. The van der Waals surface area contributed by atoms with Gasteiger partial charge in [0.1, 0.15) is 11.6 Å². The van der Waals surface area contributed by atoms with E-state index >= 15 is 0 Å². The summed E-state index contributed by atoms with van der Waals surface area (Å²) in [6.07, 6.45) is 1.30. The maximum Gasteiger partial charge on any atom is 0.223 e. The van der Waals surface area contributed by atoms with Crippen molar-refractivity contribution in [2.24, 2.45) is 0 Å². The SMILES string of the molecule is C[C@](O)(CC(=O)NC1(c2cccc(Br)c2)CC1)c1ccc(F)cc1F. The fraction of sp³-hybridized carbons (Fsp3) is 0.316. The molecule has 2 N–H and O–H groups in total. The third-order valence-electron chi connectivity index (χ3n) is 4.52. The molecule has 1 fully saturated rings. The first kappa shape index (κ1) is 18.0. The number of hydrogen-bond acceptors (Lipinski definition) is 2. The molecule has 0 heterocycles. The Kier molecular flexibility index (Phi) is 4.68. The minimum atomic E-state index is -1.73. The molecule has 0 aliphatic heterocycles. The van der Waals surface area contributed by atoms with Crippen molar-refractivity contribution < 1.29 is 18.7 Å². The standard InChI is InChI=1S/C19H18BrF2NO2/c1-18(25,15-6-5-14(21)10-16(15)22)11-17(24)23-19(7-8-19)12-3-2-4-13(20)9-12/h2-6,9-10,25H,7-8,11H2,1H3,(H,23,24)/t18-/m0/s1. The third kappa shape index (κ3) is 3.90. The number of hydrogen-bond donors (Lipinski definition) is 2. The van der Waals surface area contributed by atoms with Crippen LogP contribution in [0.15, 0.2) is 46.9 Å². The lowest BCUT2D eigenvalue weighted by Gasteiger charge is -2.26. The maximum absolute atomic E-state index is 13.9. The van der Waals surface area contributed by atoms with Gasteiger partial charge in [-0.2, -0.15) is 0 Å². The van der Waals surface area contributed by atoms with E-state index in [1.807, 2.05) is 24.3 Å². The summed E-state index contributed by atoms with van der Waals surface area (Å²) in [6.45, 7) is 1.35. The molecule has 0 unspecified atom stereocenters. The third-order valence-corrected chi connectivity index (χ3v) is 5.02. The van der Waals surface area contributed by atoms with Crippen molar-refractivity contribution in [1.82, 2.24) is 5.32 Å². The summed E-state index contributed by atoms with van der Waals surface area (Å²) in [5, 5.41) is 13.5. The molecule has 2 aromatic rings. The number of carbonyl (C=O) groups is 1. The summed E-state index contributed by atoms with van der Waals surface area (Å²) < 4.78 is 27.9. The van der Waals surface area contributed by atoms with Gasteiger partial charge in [-0.15, -0.1) is 0 Å². The molecule has 0 saturated heterocycles. The van der Waals surface area contributed by atoms with E-state index in [1.165, 1.54) is 13.0 Å². The predicted octanol–water partition coefficient (Wildman–Crippen LogP) is 4.13. The number of carbonyl (C=O) groups excluding carboxylic acids is 1. The highest BCUT2D eigenvalue weighted by molar-refractivity contribution is 9.10. The average molecular weight is 410 g/mol. The monoisotopic (exact) mass is 409 g/mol. The molecule has 25 heavy (non-hydrogen) atoms. The van der Waals surface area contributed by atoms with Crippen LogP contribution in [0.5, 0.6) is 0 Å². The molecule has 0 bridgehead atoms. The summed E-state index contributed by atoms with van der Waals surface area (Å²) in [5.41, 5.74) is -1.27. The van der Waals surface area contributed by atoms with Gasteiger partial charge in [-0.1, -0.05) is 34.1 Å². The zero-order chi connectivity index (χ0) is 18.2. The summed E-state index contributed by atoms with van der Waals surface area (Å²) in [7, 11) is 0. The minimum absolute atomic E-state index is 0.101. The average Bonchev–Trinajstić information content (AvgIpc) is 3.26. The normalized spacial score (nSPS) is 17.6. The van der Waals surface area contributed by atoms with Gasteiger partial charge >= 0.3 is 0 Å².